The molecular weight excluding hydrogens is 358 g/mol. The molecule has 1 atom stereocenters. The van der Waals surface area contributed by atoms with Crippen LogP contribution in [0.5, 0.6) is 0 Å². The summed E-state index contributed by atoms with van der Waals surface area (Å²) >= 11 is 0. The minimum Gasteiger partial charge on any atom is -0.319 e. The van der Waals surface area contributed by atoms with E-state index in [0.717, 1.165) is 36.8 Å². The van der Waals surface area contributed by atoms with Crippen molar-refractivity contribution >= 4 is 28.2 Å². The zero-order valence-electron chi connectivity index (χ0n) is 15.6. The van der Waals surface area contributed by atoms with Gasteiger partial charge in [0.25, 0.3) is 11.7 Å². The summed E-state index contributed by atoms with van der Waals surface area (Å²) in [5.41, 5.74) is 2.87. The summed E-state index contributed by atoms with van der Waals surface area (Å²) in [4.78, 5) is 24.5. The summed E-state index contributed by atoms with van der Waals surface area (Å²) < 4.78 is 12.6. The van der Waals surface area contributed by atoms with Gasteiger partial charge in [-0.25, -0.2) is 0 Å². The molecule has 27 heavy (non-hydrogen) atoms. The molecule has 0 heterocycles. The molecule has 0 aromatic heterocycles. The second kappa shape index (κ2) is 9.09. The van der Waals surface area contributed by atoms with E-state index in [1.165, 1.54) is 6.42 Å². The summed E-state index contributed by atoms with van der Waals surface area (Å²) in [5, 5.41) is 2.94. The Morgan fingerprint density at radius 2 is 1.74 bits per heavy atom. The Morgan fingerprint density at radius 1 is 1.04 bits per heavy atom. The predicted octanol–water partition coefficient (Wildman–Crippen LogP) is 4.40. The van der Waals surface area contributed by atoms with Crippen LogP contribution in [-0.2, 0) is 21.3 Å². The highest BCUT2D eigenvalue weighted by Crippen LogP contribution is 2.24. The number of aryl methyl sites for hydroxylation is 1. The number of carbonyl (C=O) groups is 2. The minimum absolute atomic E-state index is 0.278. The van der Waals surface area contributed by atoms with Gasteiger partial charge in [-0.05, 0) is 37.5 Å². The van der Waals surface area contributed by atoms with Crippen molar-refractivity contribution in [1.82, 2.24) is 0 Å². The summed E-state index contributed by atoms with van der Waals surface area (Å²) in [6, 6.07) is 14.2. The van der Waals surface area contributed by atoms with Gasteiger partial charge in [0.05, 0.1) is 0 Å². The van der Waals surface area contributed by atoms with Crippen molar-refractivity contribution in [2.45, 2.75) is 50.0 Å². The molecule has 3 rings (SSSR count). The number of ketones is 1. The summed E-state index contributed by atoms with van der Waals surface area (Å²) in [6.45, 7) is 1.93. The minimum atomic E-state index is -0.899. The first-order valence-electron chi connectivity index (χ1n) is 9.41. The Morgan fingerprint density at radius 3 is 2.44 bits per heavy atom. The van der Waals surface area contributed by atoms with Crippen LogP contribution in [0.3, 0.4) is 0 Å². The lowest BCUT2D eigenvalue weighted by Gasteiger charge is -2.21. The lowest BCUT2D eigenvalue weighted by atomic mass is 10.0. The van der Waals surface area contributed by atoms with Crippen LogP contribution in [0.1, 0.15) is 53.6 Å². The largest absolute Gasteiger partial charge is 0.319 e. The molecule has 1 unspecified atom stereocenters. The summed E-state index contributed by atoms with van der Waals surface area (Å²) in [7, 11) is -0.899. The zero-order chi connectivity index (χ0) is 19.2. The maximum absolute atomic E-state index is 12.6. The van der Waals surface area contributed by atoms with Gasteiger partial charge in [0.15, 0.2) is 0 Å². The molecular formula is C22H25NO3S. The number of carbonyl (C=O) groups excluding carboxylic acids is 2. The van der Waals surface area contributed by atoms with Crippen molar-refractivity contribution in [3.63, 3.8) is 0 Å². The van der Waals surface area contributed by atoms with Gasteiger partial charge >= 0.3 is 0 Å². The van der Waals surface area contributed by atoms with E-state index in [2.05, 4.69) is 5.32 Å². The molecule has 0 bridgehead atoms. The predicted molar refractivity (Wildman–Crippen MR) is 109 cm³/mol. The highest BCUT2D eigenvalue weighted by atomic mass is 32.2. The van der Waals surface area contributed by atoms with Crippen molar-refractivity contribution in [2.24, 2.45) is 0 Å². The molecule has 2 aromatic carbocycles. The fourth-order valence-corrected chi connectivity index (χ4v) is 4.98. The van der Waals surface area contributed by atoms with Crippen LogP contribution in [-0.4, -0.2) is 21.1 Å². The molecule has 1 saturated carbocycles. The zero-order valence-corrected chi connectivity index (χ0v) is 16.4. The molecule has 0 aliphatic heterocycles. The fourth-order valence-electron chi connectivity index (χ4n) is 3.37. The highest BCUT2D eigenvalue weighted by molar-refractivity contribution is 7.84. The number of anilines is 1. The van der Waals surface area contributed by atoms with Crippen LogP contribution in [0, 0.1) is 6.92 Å². The van der Waals surface area contributed by atoms with Crippen LogP contribution >= 0.6 is 0 Å². The Labute approximate surface area is 162 Å². The first-order valence-corrected chi connectivity index (χ1v) is 10.8. The van der Waals surface area contributed by atoms with Crippen molar-refractivity contribution in [3.05, 3.63) is 65.2 Å². The van der Waals surface area contributed by atoms with Gasteiger partial charge in [0, 0.05) is 33.1 Å². The molecule has 142 valence electrons. The van der Waals surface area contributed by atoms with Crippen molar-refractivity contribution < 1.29 is 13.8 Å². The second-order valence-electron chi connectivity index (χ2n) is 7.13. The Hall–Kier alpha value is -2.27. The number of amides is 1. The molecule has 0 saturated heterocycles. The van der Waals surface area contributed by atoms with Crippen LogP contribution in [0.15, 0.2) is 48.5 Å². The number of nitrogens with one attached hydrogen (secondary N) is 1. The molecule has 0 radical (unpaired) electrons. The normalized spacial score (nSPS) is 15.9. The Kier molecular flexibility index (Phi) is 6.56. The Bertz CT molecular complexity index is 839. The average Bonchev–Trinajstić information content (AvgIpc) is 2.69. The van der Waals surface area contributed by atoms with Crippen LogP contribution in [0.4, 0.5) is 5.69 Å². The molecule has 1 fully saturated rings. The van der Waals surface area contributed by atoms with Gasteiger partial charge in [0.1, 0.15) is 0 Å². The van der Waals surface area contributed by atoms with Gasteiger partial charge < -0.3 is 5.32 Å². The molecule has 1 amide bonds. The lowest BCUT2D eigenvalue weighted by Crippen LogP contribution is -2.23. The standard InChI is InChI=1S/C22H25NO3S/c1-16-10-12-18(13-11-16)21(24)22(25)23-19-7-5-6-17(14-19)15-27(26)20-8-3-2-4-9-20/h5-7,10-14,20H,2-4,8-9,15H2,1H3,(H,23,25). The highest BCUT2D eigenvalue weighted by Gasteiger charge is 2.20. The number of hydrogen-bond donors (Lipinski definition) is 1. The number of Topliss-reactive ketones (excluding diaryl/α,β-unsaturated/α-hetero) is 1. The van der Waals surface area contributed by atoms with Crippen molar-refractivity contribution in [1.29, 1.82) is 0 Å². The van der Waals surface area contributed by atoms with E-state index in [1.807, 2.05) is 31.2 Å². The van der Waals surface area contributed by atoms with E-state index in [-0.39, 0.29) is 5.25 Å². The SMILES string of the molecule is Cc1ccc(C(=O)C(=O)Nc2cccc(CS(=O)C3CCCCC3)c2)cc1. The third kappa shape index (κ3) is 5.36. The number of benzene rings is 2. The topological polar surface area (TPSA) is 63.2 Å². The maximum Gasteiger partial charge on any atom is 0.296 e. The first kappa shape index (κ1) is 19.5. The molecule has 1 N–H and O–H groups in total. The molecule has 0 spiro atoms. The number of rotatable bonds is 6. The average molecular weight is 384 g/mol. The lowest BCUT2D eigenvalue weighted by molar-refractivity contribution is -0.112. The molecule has 1 aliphatic carbocycles. The van der Waals surface area contributed by atoms with Gasteiger partial charge in [-0.3, -0.25) is 13.8 Å². The van der Waals surface area contributed by atoms with Crippen molar-refractivity contribution in [3.8, 4) is 0 Å². The number of hydrogen-bond acceptors (Lipinski definition) is 3. The van der Waals surface area contributed by atoms with E-state index >= 15 is 0 Å². The van der Waals surface area contributed by atoms with E-state index in [9.17, 15) is 13.8 Å². The summed E-state index contributed by atoms with van der Waals surface area (Å²) in [5.74, 6) is -0.740. The molecule has 2 aromatic rings. The maximum atomic E-state index is 12.6. The third-order valence-electron chi connectivity index (χ3n) is 4.94. The first-order chi connectivity index (χ1) is 13.0. The van der Waals surface area contributed by atoms with Gasteiger partial charge in [-0.15, -0.1) is 0 Å². The van der Waals surface area contributed by atoms with E-state index < -0.39 is 22.5 Å². The monoisotopic (exact) mass is 383 g/mol. The van der Waals surface area contributed by atoms with E-state index in [1.54, 1.807) is 24.3 Å². The molecule has 5 heteroatoms. The quantitative estimate of drug-likeness (QED) is 0.594. The van der Waals surface area contributed by atoms with Crippen LogP contribution in [0.25, 0.3) is 0 Å². The van der Waals surface area contributed by atoms with Crippen LogP contribution < -0.4 is 5.32 Å². The Balaban J connectivity index is 1.62. The fraction of sp³-hybridized carbons (Fsp3) is 0.364. The van der Waals surface area contributed by atoms with Gasteiger partial charge in [-0.1, -0.05) is 61.2 Å². The van der Waals surface area contributed by atoms with Gasteiger partial charge in [0.2, 0.25) is 0 Å². The third-order valence-corrected chi connectivity index (χ3v) is 6.77. The summed E-state index contributed by atoms with van der Waals surface area (Å²) in [6.07, 6.45) is 5.63. The molecule has 1 aliphatic rings. The van der Waals surface area contributed by atoms with Crippen LogP contribution in [0.2, 0.25) is 0 Å². The van der Waals surface area contributed by atoms with Crippen molar-refractivity contribution in [2.75, 3.05) is 5.32 Å². The smallest absolute Gasteiger partial charge is 0.296 e. The van der Waals surface area contributed by atoms with Gasteiger partial charge in [-0.2, -0.15) is 0 Å². The van der Waals surface area contributed by atoms with E-state index in [0.29, 0.717) is 17.0 Å². The second-order valence-corrected chi connectivity index (χ2v) is 8.85. The molecule has 4 nitrogen and oxygen atoms in total. The van der Waals surface area contributed by atoms with E-state index in [4.69, 9.17) is 0 Å².